The van der Waals surface area contributed by atoms with E-state index < -0.39 is 18.1 Å². The van der Waals surface area contributed by atoms with E-state index in [2.05, 4.69) is 43.4 Å². The average Bonchev–Trinajstić information content (AvgIpc) is 3.18. The molecule has 2 aliphatic carbocycles. The van der Waals surface area contributed by atoms with Gasteiger partial charge in [0, 0.05) is 12.0 Å². The molecule has 146 valence electrons. The molecule has 2 aliphatic rings. The smallest absolute Gasteiger partial charge is 0.407 e. The van der Waals surface area contributed by atoms with Crippen LogP contribution in [0.4, 0.5) is 4.79 Å². The van der Waals surface area contributed by atoms with Crippen LogP contribution in [-0.2, 0) is 9.53 Å². The summed E-state index contributed by atoms with van der Waals surface area (Å²) in [6.07, 6.45) is 0.281. The molecule has 2 aromatic carbocycles. The van der Waals surface area contributed by atoms with Gasteiger partial charge in [-0.15, -0.1) is 0 Å². The lowest BCUT2D eigenvalue weighted by Gasteiger charge is -2.20. The topological polar surface area (TPSA) is 75.6 Å². The molecule has 0 radical (unpaired) electrons. The molecular weight excluding hydrogens is 354 g/mol. The van der Waals surface area contributed by atoms with Crippen molar-refractivity contribution >= 4 is 12.1 Å². The number of benzene rings is 2. The number of aliphatic carboxylic acids is 1. The van der Waals surface area contributed by atoms with Gasteiger partial charge >= 0.3 is 12.1 Å². The molecule has 2 aromatic rings. The summed E-state index contributed by atoms with van der Waals surface area (Å²) in [5, 5.41) is 12.0. The summed E-state index contributed by atoms with van der Waals surface area (Å²) in [7, 11) is 0. The van der Waals surface area contributed by atoms with E-state index in [1.165, 1.54) is 11.1 Å². The fraction of sp³-hybridized carbons (Fsp3) is 0.391. The fourth-order valence-electron chi connectivity index (χ4n) is 4.47. The zero-order valence-electron chi connectivity index (χ0n) is 16.1. The quantitative estimate of drug-likeness (QED) is 0.779. The molecule has 5 heteroatoms. The van der Waals surface area contributed by atoms with Crippen LogP contribution in [0.5, 0.6) is 0 Å². The molecule has 0 aromatic heterocycles. The number of hydrogen-bond acceptors (Lipinski definition) is 3. The van der Waals surface area contributed by atoms with Crippen LogP contribution in [0.1, 0.15) is 43.7 Å². The zero-order chi connectivity index (χ0) is 19.9. The Balaban J connectivity index is 1.44. The Labute approximate surface area is 164 Å². The largest absolute Gasteiger partial charge is 0.481 e. The molecule has 2 atom stereocenters. The van der Waals surface area contributed by atoms with Crippen LogP contribution in [-0.4, -0.2) is 29.8 Å². The number of rotatable bonds is 6. The Morgan fingerprint density at radius 2 is 1.64 bits per heavy atom. The van der Waals surface area contributed by atoms with Crippen molar-refractivity contribution in [2.24, 2.45) is 11.3 Å². The molecule has 5 nitrogen and oxygen atoms in total. The molecule has 1 saturated carbocycles. The summed E-state index contributed by atoms with van der Waals surface area (Å²) in [5.74, 6) is -0.746. The molecule has 0 saturated heterocycles. The minimum absolute atomic E-state index is 0.00607. The zero-order valence-corrected chi connectivity index (χ0v) is 16.1. The Hall–Kier alpha value is -2.82. The fourth-order valence-corrected chi connectivity index (χ4v) is 4.47. The third-order valence-electron chi connectivity index (χ3n) is 6.12. The summed E-state index contributed by atoms with van der Waals surface area (Å²) in [5.41, 5.74) is 4.73. The Morgan fingerprint density at radius 3 is 2.14 bits per heavy atom. The van der Waals surface area contributed by atoms with Crippen molar-refractivity contribution < 1.29 is 19.4 Å². The first-order valence-corrected chi connectivity index (χ1v) is 9.70. The molecule has 1 unspecified atom stereocenters. The van der Waals surface area contributed by atoms with Gasteiger partial charge in [-0.05, 0) is 40.0 Å². The van der Waals surface area contributed by atoms with Crippen molar-refractivity contribution in [2.75, 3.05) is 6.61 Å². The van der Waals surface area contributed by atoms with Gasteiger partial charge in [-0.25, -0.2) is 4.79 Å². The highest BCUT2D eigenvalue weighted by Gasteiger charge is 2.51. The highest BCUT2D eigenvalue weighted by Crippen LogP contribution is 2.54. The van der Waals surface area contributed by atoms with E-state index in [1.807, 2.05) is 24.3 Å². The lowest BCUT2D eigenvalue weighted by atomic mass is 9.98. The van der Waals surface area contributed by atoms with Crippen LogP contribution in [0, 0.1) is 11.3 Å². The molecule has 1 fully saturated rings. The van der Waals surface area contributed by atoms with Crippen molar-refractivity contribution in [3.63, 3.8) is 0 Å². The van der Waals surface area contributed by atoms with E-state index in [0.717, 1.165) is 17.5 Å². The van der Waals surface area contributed by atoms with Crippen LogP contribution in [0.3, 0.4) is 0 Å². The number of carboxylic acid groups (broad SMARTS) is 1. The number of carbonyl (C=O) groups is 2. The van der Waals surface area contributed by atoms with Crippen LogP contribution >= 0.6 is 0 Å². The number of carbonyl (C=O) groups excluding carboxylic acids is 1. The summed E-state index contributed by atoms with van der Waals surface area (Å²) in [6, 6.07) is 15.9. The molecule has 0 bridgehead atoms. The lowest BCUT2D eigenvalue weighted by molar-refractivity contribution is -0.137. The second kappa shape index (κ2) is 6.97. The van der Waals surface area contributed by atoms with Crippen LogP contribution in [0.25, 0.3) is 11.1 Å². The molecule has 2 N–H and O–H groups in total. The van der Waals surface area contributed by atoms with Crippen molar-refractivity contribution in [1.29, 1.82) is 0 Å². The van der Waals surface area contributed by atoms with Gasteiger partial charge in [0.25, 0.3) is 0 Å². The van der Waals surface area contributed by atoms with Gasteiger partial charge < -0.3 is 15.2 Å². The lowest BCUT2D eigenvalue weighted by Crippen LogP contribution is -2.39. The van der Waals surface area contributed by atoms with Gasteiger partial charge in [0.1, 0.15) is 6.61 Å². The SMILES string of the molecule is CC1(C)CC1[C@H](CC(=O)O)NC(=O)OCC1c2ccccc2-c2ccccc21. The highest BCUT2D eigenvalue weighted by atomic mass is 16.5. The third kappa shape index (κ3) is 3.49. The predicted molar refractivity (Wildman–Crippen MR) is 106 cm³/mol. The second-order valence-electron chi connectivity index (χ2n) is 8.47. The first kappa shape index (κ1) is 18.5. The molecule has 1 amide bonds. The number of ether oxygens (including phenoxy) is 1. The van der Waals surface area contributed by atoms with Crippen molar-refractivity contribution in [2.45, 2.75) is 38.6 Å². The average molecular weight is 379 g/mol. The minimum atomic E-state index is -0.911. The molecule has 0 heterocycles. The summed E-state index contributed by atoms with van der Waals surface area (Å²) >= 11 is 0. The highest BCUT2D eigenvalue weighted by molar-refractivity contribution is 5.79. The first-order chi connectivity index (χ1) is 13.4. The molecule has 28 heavy (non-hydrogen) atoms. The van der Waals surface area contributed by atoms with E-state index in [-0.39, 0.29) is 30.3 Å². The van der Waals surface area contributed by atoms with Gasteiger partial charge in [-0.2, -0.15) is 0 Å². The number of fused-ring (bicyclic) bond motifs is 3. The molecule has 0 aliphatic heterocycles. The normalized spacial score (nSPS) is 20.0. The Bertz CT molecular complexity index is 875. The predicted octanol–water partition coefficient (Wildman–Crippen LogP) is 4.41. The Morgan fingerprint density at radius 1 is 1.11 bits per heavy atom. The van der Waals surface area contributed by atoms with Gasteiger partial charge in [-0.3, -0.25) is 4.79 Å². The molecular formula is C23H25NO4. The number of hydrogen-bond donors (Lipinski definition) is 2. The van der Waals surface area contributed by atoms with Crippen LogP contribution in [0.15, 0.2) is 48.5 Å². The van der Waals surface area contributed by atoms with Crippen LogP contribution in [0.2, 0.25) is 0 Å². The Kier molecular flexibility index (Phi) is 4.61. The van der Waals surface area contributed by atoms with Gasteiger partial charge in [0.05, 0.1) is 6.42 Å². The van der Waals surface area contributed by atoms with Gasteiger partial charge in [0.15, 0.2) is 0 Å². The second-order valence-corrected chi connectivity index (χ2v) is 8.47. The van der Waals surface area contributed by atoms with Gasteiger partial charge in [-0.1, -0.05) is 62.4 Å². The van der Waals surface area contributed by atoms with E-state index >= 15 is 0 Å². The third-order valence-corrected chi connectivity index (χ3v) is 6.12. The molecule has 4 rings (SSSR count). The maximum absolute atomic E-state index is 12.4. The van der Waals surface area contributed by atoms with Gasteiger partial charge in [0.2, 0.25) is 0 Å². The van der Waals surface area contributed by atoms with Crippen molar-refractivity contribution in [3.05, 3.63) is 59.7 Å². The summed E-state index contributed by atoms with van der Waals surface area (Å²) < 4.78 is 5.55. The number of nitrogens with one attached hydrogen (secondary N) is 1. The van der Waals surface area contributed by atoms with Crippen molar-refractivity contribution in [1.82, 2.24) is 5.32 Å². The number of carboxylic acids is 1. The van der Waals surface area contributed by atoms with E-state index in [1.54, 1.807) is 0 Å². The van der Waals surface area contributed by atoms with E-state index in [4.69, 9.17) is 4.74 Å². The van der Waals surface area contributed by atoms with E-state index in [9.17, 15) is 14.7 Å². The van der Waals surface area contributed by atoms with Crippen LogP contribution < -0.4 is 5.32 Å². The minimum Gasteiger partial charge on any atom is -0.481 e. The number of alkyl carbamates (subject to hydrolysis) is 1. The van der Waals surface area contributed by atoms with E-state index in [0.29, 0.717) is 0 Å². The number of amides is 1. The monoisotopic (exact) mass is 379 g/mol. The summed E-state index contributed by atoms with van der Waals surface area (Å²) in [6.45, 7) is 4.41. The summed E-state index contributed by atoms with van der Waals surface area (Å²) in [4.78, 5) is 23.6. The van der Waals surface area contributed by atoms with Crippen molar-refractivity contribution in [3.8, 4) is 11.1 Å². The standard InChI is InChI=1S/C23H25NO4/c1-23(2)12-19(23)20(11-21(25)26)24-22(27)28-13-18-16-9-5-3-7-14(16)15-8-4-6-10-17(15)18/h3-10,18-20H,11-13H2,1-2H3,(H,24,27)(H,25,26)/t19?,20-/m0/s1. The maximum atomic E-state index is 12.4. The maximum Gasteiger partial charge on any atom is 0.407 e. The molecule has 0 spiro atoms. The first-order valence-electron chi connectivity index (χ1n) is 9.70.